The Morgan fingerprint density at radius 1 is 1.17 bits per heavy atom. The summed E-state index contributed by atoms with van der Waals surface area (Å²) in [7, 11) is -3.85. The Bertz CT molecular complexity index is 720. The van der Waals surface area contributed by atoms with Gasteiger partial charge in [0, 0.05) is 11.9 Å². The van der Waals surface area contributed by atoms with Gasteiger partial charge >= 0.3 is 0 Å². The molecule has 1 aromatic heterocycles. The number of benzene rings is 1. The van der Waals surface area contributed by atoms with Crippen LogP contribution in [-0.4, -0.2) is 13.4 Å². The lowest BCUT2D eigenvalue weighted by molar-refractivity contribution is 0.600. The molecule has 0 radical (unpaired) electrons. The number of aromatic amines is 1. The highest BCUT2D eigenvalue weighted by Crippen LogP contribution is 2.14. The first-order valence-corrected chi connectivity index (χ1v) is 6.74. The van der Waals surface area contributed by atoms with Gasteiger partial charge in [-0.25, -0.2) is 8.42 Å². The van der Waals surface area contributed by atoms with E-state index in [2.05, 4.69) is 9.71 Å². The van der Waals surface area contributed by atoms with Crippen LogP contribution in [0.25, 0.3) is 0 Å². The van der Waals surface area contributed by atoms with Crippen LogP contribution < -0.4 is 10.3 Å². The van der Waals surface area contributed by atoms with Crippen molar-refractivity contribution in [2.45, 2.75) is 11.8 Å². The van der Waals surface area contributed by atoms with Gasteiger partial charge in [-0.05, 0) is 36.8 Å². The van der Waals surface area contributed by atoms with E-state index in [0.717, 1.165) is 5.56 Å². The van der Waals surface area contributed by atoms with Crippen molar-refractivity contribution >= 4 is 15.7 Å². The van der Waals surface area contributed by atoms with Crippen molar-refractivity contribution in [2.75, 3.05) is 4.72 Å². The Morgan fingerprint density at radius 2 is 1.94 bits per heavy atom. The SMILES string of the molecule is Cc1cccc(NS(=O)(=O)c2ccc[nH]c2=O)c1. The molecule has 0 aliphatic carbocycles. The molecule has 0 atom stereocenters. The van der Waals surface area contributed by atoms with E-state index in [1.165, 1.54) is 18.3 Å². The number of H-pyrrole nitrogens is 1. The molecule has 5 nitrogen and oxygen atoms in total. The summed E-state index contributed by atoms with van der Waals surface area (Å²) in [6.07, 6.45) is 1.38. The third-order valence-corrected chi connectivity index (χ3v) is 3.75. The van der Waals surface area contributed by atoms with E-state index in [9.17, 15) is 13.2 Å². The zero-order valence-corrected chi connectivity index (χ0v) is 10.5. The van der Waals surface area contributed by atoms with Gasteiger partial charge in [-0.2, -0.15) is 0 Å². The Hall–Kier alpha value is -2.08. The molecule has 0 saturated heterocycles. The van der Waals surface area contributed by atoms with Gasteiger partial charge in [0.1, 0.15) is 0 Å². The first-order valence-electron chi connectivity index (χ1n) is 5.26. The topological polar surface area (TPSA) is 79.0 Å². The third-order valence-electron chi connectivity index (χ3n) is 2.34. The molecule has 2 rings (SSSR count). The lowest BCUT2D eigenvalue weighted by atomic mass is 10.2. The van der Waals surface area contributed by atoms with Gasteiger partial charge in [0.05, 0.1) is 0 Å². The van der Waals surface area contributed by atoms with Crippen LogP contribution in [0.3, 0.4) is 0 Å². The fourth-order valence-electron chi connectivity index (χ4n) is 1.54. The zero-order chi connectivity index (χ0) is 13.2. The van der Waals surface area contributed by atoms with E-state index >= 15 is 0 Å². The second kappa shape index (κ2) is 4.66. The van der Waals surface area contributed by atoms with Crippen molar-refractivity contribution in [3.63, 3.8) is 0 Å². The van der Waals surface area contributed by atoms with E-state index in [0.29, 0.717) is 5.69 Å². The molecule has 0 amide bonds. The summed E-state index contributed by atoms with van der Waals surface area (Å²) in [6.45, 7) is 1.85. The maximum atomic E-state index is 12.0. The Labute approximate surface area is 105 Å². The maximum absolute atomic E-state index is 12.0. The van der Waals surface area contributed by atoms with Crippen LogP contribution >= 0.6 is 0 Å². The average molecular weight is 264 g/mol. The minimum atomic E-state index is -3.85. The minimum absolute atomic E-state index is 0.300. The number of aromatic nitrogens is 1. The molecule has 0 bridgehead atoms. The Balaban J connectivity index is 2.40. The second-order valence-electron chi connectivity index (χ2n) is 3.84. The highest BCUT2D eigenvalue weighted by atomic mass is 32.2. The monoisotopic (exact) mass is 264 g/mol. The van der Waals surface area contributed by atoms with Gasteiger partial charge in [-0.15, -0.1) is 0 Å². The molecule has 0 saturated carbocycles. The summed E-state index contributed by atoms with van der Waals surface area (Å²) in [5.74, 6) is 0. The molecule has 1 heterocycles. The molecule has 2 N–H and O–H groups in total. The van der Waals surface area contributed by atoms with Crippen LogP contribution in [0.5, 0.6) is 0 Å². The molecule has 0 aliphatic rings. The van der Waals surface area contributed by atoms with Gasteiger partial charge in [0.25, 0.3) is 15.6 Å². The molecule has 0 fully saturated rings. The molecule has 6 heteroatoms. The lowest BCUT2D eigenvalue weighted by Crippen LogP contribution is -2.22. The summed E-state index contributed by atoms with van der Waals surface area (Å²) < 4.78 is 26.4. The third kappa shape index (κ3) is 2.60. The van der Waals surface area contributed by atoms with Crippen LogP contribution in [0.15, 0.2) is 52.3 Å². The van der Waals surface area contributed by atoms with Gasteiger partial charge < -0.3 is 4.98 Å². The van der Waals surface area contributed by atoms with Crippen molar-refractivity contribution in [2.24, 2.45) is 0 Å². The fraction of sp³-hybridized carbons (Fsp3) is 0.0833. The normalized spacial score (nSPS) is 11.2. The van der Waals surface area contributed by atoms with Crippen LogP contribution in [0.4, 0.5) is 5.69 Å². The van der Waals surface area contributed by atoms with E-state index in [4.69, 9.17) is 0 Å². The predicted octanol–water partition coefficient (Wildman–Crippen LogP) is 1.48. The van der Waals surface area contributed by atoms with E-state index in [1.54, 1.807) is 18.2 Å². The van der Waals surface area contributed by atoms with Gasteiger partial charge in [-0.1, -0.05) is 12.1 Å². The lowest BCUT2D eigenvalue weighted by Gasteiger charge is -2.07. The average Bonchev–Trinajstić information content (AvgIpc) is 2.28. The van der Waals surface area contributed by atoms with Gasteiger partial charge in [0.2, 0.25) is 0 Å². The first kappa shape index (κ1) is 12.4. The molecular weight excluding hydrogens is 252 g/mol. The zero-order valence-electron chi connectivity index (χ0n) is 9.67. The molecular formula is C12H12N2O3S. The molecule has 94 valence electrons. The smallest absolute Gasteiger partial charge is 0.268 e. The molecule has 18 heavy (non-hydrogen) atoms. The van der Waals surface area contributed by atoms with Crippen molar-refractivity contribution in [1.82, 2.24) is 4.98 Å². The summed E-state index contributed by atoms with van der Waals surface area (Å²) >= 11 is 0. The molecule has 0 unspecified atom stereocenters. The highest BCUT2D eigenvalue weighted by molar-refractivity contribution is 7.92. The summed E-state index contributed by atoms with van der Waals surface area (Å²) in [5, 5.41) is 0. The summed E-state index contributed by atoms with van der Waals surface area (Å²) in [6, 6.07) is 9.63. The number of nitrogens with one attached hydrogen (secondary N) is 2. The molecule has 2 aromatic rings. The van der Waals surface area contributed by atoms with Crippen LogP contribution in [0.1, 0.15) is 5.56 Å². The Morgan fingerprint density at radius 3 is 2.61 bits per heavy atom. The number of pyridine rings is 1. The quantitative estimate of drug-likeness (QED) is 0.881. The van der Waals surface area contributed by atoms with E-state index < -0.39 is 15.6 Å². The standard InChI is InChI=1S/C12H12N2O3S/c1-9-4-2-5-10(8-9)14-18(16,17)11-6-3-7-13-12(11)15/h2-8,14H,1H3,(H,13,15). The summed E-state index contributed by atoms with van der Waals surface area (Å²) in [5.41, 5.74) is 0.716. The van der Waals surface area contributed by atoms with E-state index in [-0.39, 0.29) is 4.90 Å². The summed E-state index contributed by atoms with van der Waals surface area (Å²) in [4.78, 5) is 13.5. The number of sulfonamides is 1. The Kier molecular flexibility index (Phi) is 3.20. The van der Waals surface area contributed by atoms with Crippen LogP contribution in [0.2, 0.25) is 0 Å². The van der Waals surface area contributed by atoms with Crippen LogP contribution in [0, 0.1) is 6.92 Å². The maximum Gasteiger partial charge on any atom is 0.268 e. The number of aryl methyl sites for hydroxylation is 1. The van der Waals surface area contributed by atoms with E-state index in [1.807, 2.05) is 13.0 Å². The first-order chi connectivity index (χ1) is 8.49. The second-order valence-corrected chi connectivity index (χ2v) is 5.49. The van der Waals surface area contributed by atoms with Crippen molar-refractivity contribution in [3.05, 3.63) is 58.5 Å². The van der Waals surface area contributed by atoms with Gasteiger partial charge in [0.15, 0.2) is 4.90 Å². The highest BCUT2D eigenvalue weighted by Gasteiger charge is 2.17. The number of rotatable bonds is 3. The molecule has 0 spiro atoms. The van der Waals surface area contributed by atoms with Crippen LogP contribution in [-0.2, 0) is 10.0 Å². The van der Waals surface area contributed by atoms with Crippen molar-refractivity contribution in [1.29, 1.82) is 0 Å². The fourth-order valence-corrected chi connectivity index (χ4v) is 2.64. The largest absolute Gasteiger partial charge is 0.328 e. The number of anilines is 1. The molecule has 1 aromatic carbocycles. The molecule has 0 aliphatic heterocycles. The van der Waals surface area contributed by atoms with Gasteiger partial charge in [-0.3, -0.25) is 9.52 Å². The number of hydrogen-bond donors (Lipinski definition) is 2. The van der Waals surface area contributed by atoms with Crippen molar-refractivity contribution in [3.8, 4) is 0 Å². The number of hydrogen-bond acceptors (Lipinski definition) is 3. The minimum Gasteiger partial charge on any atom is -0.328 e. The van der Waals surface area contributed by atoms with Crippen molar-refractivity contribution < 1.29 is 8.42 Å². The predicted molar refractivity (Wildman–Crippen MR) is 69.1 cm³/mol.